The number of nitrogens with one attached hydrogen (secondary N) is 2. The van der Waals surface area contributed by atoms with Crippen LogP contribution in [-0.2, 0) is 0 Å². The lowest BCUT2D eigenvalue weighted by molar-refractivity contribution is 0.229. The lowest BCUT2D eigenvalue weighted by atomic mass is 10.2. The highest BCUT2D eigenvalue weighted by atomic mass is 19.1. The fourth-order valence-electron chi connectivity index (χ4n) is 2.63. The van der Waals surface area contributed by atoms with Crippen LogP contribution in [0, 0.1) is 5.82 Å². The Morgan fingerprint density at radius 3 is 2.31 bits per heavy atom. The number of halogens is 1. The normalized spacial score (nSPS) is 12.1. The zero-order valence-corrected chi connectivity index (χ0v) is 17.4. The number of ether oxygens (including phenoxy) is 4. The molecule has 0 aliphatic rings. The predicted octanol–water partition coefficient (Wildman–Crippen LogP) is 3.70. The summed E-state index contributed by atoms with van der Waals surface area (Å²) in [7, 11) is 4.68. The van der Waals surface area contributed by atoms with Crippen molar-refractivity contribution in [1.82, 2.24) is 5.32 Å². The van der Waals surface area contributed by atoms with Gasteiger partial charge in [0, 0.05) is 30.4 Å². The summed E-state index contributed by atoms with van der Waals surface area (Å²) >= 11 is 0. The molecule has 8 heteroatoms. The van der Waals surface area contributed by atoms with E-state index in [-0.39, 0.29) is 11.9 Å². The number of guanidine groups is 1. The summed E-state index contributed by atoms with van der Waals surface area (Å²) in [6.07, 6.45) is -0.243. The number of hydrogen-bond donors (Lipinski definition) is 2. The third kappa shape index (κ3) is 6.44. The Morgan fingerprint density at radius 2 is 1.76 bits per heavy atom. The molecule has 0 aliphatic carbocycles. The first-order valence-electron chi connectivity index (χ1n) is 9.28. The van der Waals surface area contributed by atoms with E-state index in [4.69, 9.17) is 18.9 Å². The number of nitrogens with zero attached hydrogens (tertiary/aromatic N) is 1. The van der Waals surface area contributed by atoms with Crippen LogP contribution in [-0.4, -0.2) is 46.5 Å². The quantitative estimate of drug-likeness (QED) is 0.490. The fourth-order valence-corrected chi connectivity index (χ4v) is 2.63. The Bertz CT molecular complexity index is 804. The first-order valence-corrected chi connectivity index (χ1v) is 9.28. The number of aliphatic imine (C=N–C) groups is 1. The van der Waals surface area contributed by atoms with Crippen LogP contribution in [0.2, 0.25) is 0 Å². The summed E-state index contributed by atoms with van der Waals surface area (Å²) < 4.78 is 35.1. The minimum Gasteiger partial charge on any atom is -0.493 e. The zero-order chi connectivity index (χ0) is 21.2. The monoisotopic (exact) mass is 405 g/mol. The van der Waals surface area contributed by atoms with Gasteiger partial charge in [-0.05, 0) is 26.0 Å². The van der Waals surface area contributed by atoms with E-state index >= 15 is 0 Å². The van der Waals surface area contributed by atoms with Crippen molar-refractivity contribution in [3.05, 3.63) is 42.2 Å². The molecule has 1 atom stereocenters. The van der Waals surface area contributed by atoms with E-state index in [2.05, 4.69) is 15.6 Å². The van der Waals surface area contributed by atoms with E-state index in [1.807, 2.05) is 13.8 Å². The lowest BCUT2D eigenvalue weighted by Crippen LogP contribution is -2.32. The van der Waals surface area contributed by atoms with Gasteiger partial charge in [0.1, 0.15) is 17.7 Å². The number of hydrogen-bond acceptors (Lipinski definition) is 5. The summed E-state index contributed by atoms with van der Waals surface area (Å²) in [5, 5.41) is 6.39. The molecule has 0 saturated carbocycles. The summed E-state index contributed by atoms with van der Waals surface area (Å²) in [5.41, 5.74) is 0.720. The molecule has 2 aromatic rings. The maximum atomic E-state index is 13.3. The maximum absolute atomic E-state index is 13.3. The molecule has 2 N–H and O–H groups in total. The van der Waals surface area contributed by atoms with Gasteiger partial charge in [-0.15, -0.1) is 0 Å². The van der Waals surface area contributed by atoms with E-state index in [1.165, 1.54) is 12.1 Å². The van der Waals surface area contributed by atoms with E-state index in [0.29, 0.717) is 42.0 Å². The van der Waals surface area contributed by atoms with Crippen molar-refractivity contribution < 1.29 is 23.3 Å². The molecule has 0 fully saturated rings. The molecule has 0 amide bonds. The highest BCUT2D eigenvalue weighted by molar-refractivity contribution is 5.94. The molecule has 0 aromatic heterocycles. The van der Waals surface area contributed by atoms with Gasteiger partial charge in [-0.3, -0.25) is 0 Å². The van der Waals surface area contributed by atoms with Crippen LogP contribution < -0.4 is 29.6 Å². The molecule has 0 saturated heterocycles. The molecule has 0 bridgehead atoms. The summed E-state index contributed by atoms with van der Waals surface area (Å²) in [6.45, 7) is 4.89. The Balaban J connectivity index is 2.12. The Hall–Kier alpha value is -3.16. The Morgan fingerprint density at radius 1 is 1.07 bits per heavy atom. The molecular weight excluding hydrogens is 377 g/mol. The molecule has 1 unspecified atom stereocenters. The van der Waals surface area contributed by atoms with Crippen molar-refractivity contribution >= 4 is 11.6 Å². The average molecular weight is 405 g/mol. The van der Waals surface area contributed by atoms with E-state index in [0.717, 1.165) is 5.69 Å². The number of rotatable bonds is 9. The largest absolute Gasteiger partial charge is 0.493 e. The van der Waals surface area contributed by atoms with Gasteiger partial charge in [-0.25, -0.2) is 9.38 Å². The predicted molar refractivity (Wildman–Crippen MR) is 112 cm³/mol. The first kappa shape index (κ1) is 22.1. The van der Waals surface area contributed by atoms with Gasteiger partial charge in [0.2, 0.25) is 5.75 Å². The van der Waals surface area contributed by atoms with Crippen LogP contribution in [0.4, 0.5) is 10.1 Å². The van der Waals surface area contributed by atoms with Crippen LogP contribution in [0.3, 0.4) is 0 Å². The second kappa shape index (κ2) is 11.0. The lowest BCUT2D eigenvalue weighted by Gasteiger charge is -2.17. The van der Waals surface area contributed by atoms with E-state index in [9.17, 15) is 4.39 Å². The van der Waals surface area contributed by atoms with Gasteiger partial charge in [-0.1, -0.05) is 6.07 Å². The number of benzene rings is 2. The van der Waals surface area contributed by atoms with Gasteiger partial charge in [-0.2, -0.15) is 0 Å². The van der Waals surface area contributed by atoms with Crippen molar-refractivity contribution in [3.8, 4) is 23.0 Å². The summed E-state index contributed by atoms with van der Waals surface area (Å²) in [4.78, 5) is 4.54. The molecule has 7 nitrogen and oxygen atoms in total. The molecule has 29 heavy (non-hydrogen) atoms. The Labute approximate surface area is 170 Å². The smallest absolute Gasteiger partial charge is 0.203 e. The SMILES string of the molecule is CCNC(=NCC(C)Oc1cccc(F)c1)Nc1cc(OC)c(OC)c(OC)c1. The zero-order valence-electron chi connectivity index (χ0n) is 17.4. The van der Waals surface area contributed by atoms with E-state index < -0.39 is 0 Å². The molecule has 0 heterocycles. The minimum atomic E-state index is -0.337. The third-order valence-electron chi connectivity index (χ3n) is 3.91. The second-order valence-electron chi connectivity index (χ2n) is 6.14. The van der Waals surface area contributed by atoms with Crippen LogP contribution >= 0.6 is 0 Å². The minimum absolute atomic E-state index is 0.243. The molecule has 0 radical (unpaired) electrons. The molecule has 158 valence electrons. The van der Waals surface area contributed by atoms with Crippen molar-refractivity contribution in [3.63, 3.8) is 0 Å². The highest BCUT2D eigenvalue weighted by Gasteiger charge is 2.14. The topological polar surface area (TPSA) is 73.3 Å². The fraction of sp³-hybridized carbons (Fsp3) is 0.381. The number of methoxy groups -OCH3 is 3. The summed E-state index contributed by atoms with van der Waals surface area (Å²) in [5.74, 6) is 2.28. The first-order chi connectivity index (χ1) is 14.0. The van der Waals surface area contributed by atoms with Crippen molar-refractivity contribution in [2.75, 3.05) is 39.7 Å². The number of anilines is 1. The van der Waals surface area contributed by atoms with E-state index in [1.54, 1.807) is 45.6 Å². The highest BCUT2D eigenvalue weighted by Crippen LogP contribution is 2.39. The molecule has 2 aromatic carbocycles. The van der Waals surface area contributed by atoms with Gasteiger partial charge < -0.3 is 29.6 Å². The van der Waals surface area contributed by atoms with Crippen LogP contribution in [0.15, 0.2) is 41.4 Å². The van der Waals surface area contributed by atoms with Gasteiger partial charge in [0.05, 0.1) is 27.9 Å². The van der Waals surface area contributed by atoms with Crippen LogP contribution in [0.5, 0.6) is 23.0 Å². The third-order valence-corrected chi connectivity index (χ3v) is 3.91. The second-order valence-corrected chi connectivity index (χ2v) is 6.14. The molecular formula is C21H28FN3O4. The van der Waals surface area contributed by atoms with Crippen molar-refractivity contribution in [1.29, 1.82) is 0 Å². The Kier molecular flexibility index (Phi) is 8.39. The van der Waals surface area contributed by atoms with Gasteiger partial charge in [0.25, 0.3) is 0 Å². The van der Waals surface area contributed by atoms with Crippen molar-refractivity contribution in [2.45, 2.75) is 20.0 Å². The van der Waals surface area contributed by atoms with Crippen LogP contribution in [0.25, 0.3) is 0 Å². The standard InChI is InChI=1S/C21H28FN3O4/c1-6-23-21(24-13-14(2)29-17-9-7-8-15(22)10-17)25-16-11-18(26-3)20(28-5)19(12-16)27-4/h7-12,14H,6,13H2,1-5H3,(H2,23,24,25). The molecule has 2 rings (SSSR count). The summed E-state index contributed by atoms with van der Waals surface area (Å²) in [6, 6.07) is 9.63. The maximum Gasteiger partial charge on any atom is 0.203 e. The van der Waals surface area contributed by atoms with Crippen molar-refractivity contribution in [2.24, 2.45) is 4.99 Å². The van der Waals surface area contributed by atoms with Gasteiger partial charge in [0.15, 0.2) is 17.5 Å². The molecule has 0 spiro atoms. The van der Waals surface area contributed by atoms with Gasteiger partial charge >= 0.3 is 0 Å². The average Bonchev–Trinajstić information content (AvgIpc) is 2.71. The van der Waals surface area contributed by atoms with Crippen LogP contribution in [0.1, 0.15) is 13.8 Å². The molecule has 0 aliphatic heterocycles.